The first-order chi connectivity index (χ1) is 9.10. The van der Waals surface area contributed by atoms with E-state index in [-0.39, 0.29) is 24.7 Å². The first-order valence-electron chi connectivity index (χ1n) is 6.23. The highest BCUT2D eigenvalue weighted by molar-refractivity contribution is 7.10. The minimum absolute atomic E-state index is 0.0234. The summed E-state index contributed by atoms with van der Waals surface area (Å²) >= 11 is 1.42. The molecule has 2 heterocycles. The normalized spacial score (nSPS) is 22.8. The van der Waals surface area contributed by atoms with E-state index in [0.29, 0.717) is 18.7 Å². The van der Waals surface area contributed by atoms with Gasteiger partial charge in [0.1, 0.15) is 6.61 Å². The predicted octanol–water partition coefficient (Wildman–Crippen LogP) is 1.34. The molecule has 19 heavy (non-hydrogen) atoms. The van der Waals surface area contributed by atoms with E-state index >= 15 is 0 Å². The van der Waals surface area contributed by atoms with Crippen LogP contribution in [0.3, 0.4) is 0 Å². The molecular weight excluding hydrogens is 262 g/mol. The standard InChI is InChI=1S/C14H17NO3S/c1-10-7-15(8-11(2)18-10)14(17)12-6-13(19-9-12)4-3-5-16/h6,9-11,16H,5,7-8H2,1-2H3/t10-,11+. The fourth-order valence-electron chi connectivity index (χ4n) is 2.17. The van der Waals surface area contributed by atoms with Crippen LogP contribution in [0.4, 0.5) is 0 Å². The van der Waals surface area contributed by atoms with Gasteiger partial charge in [0.25, 0.3) is 5.91 Å². The number of ether oxygens (including phenoxy) is 1. The maximum Gasteiger partial charge on any atom is 0.254 e. The van der Waals surface area contributed by atoms with Crippen LogP contribution in [0.15, 0.2) is 11.4 Å². The van der Waals surface area contributed by atoms with E-state index in [1.807, 2.05) is 24.1 Å². The molecule has 1 aliphatic rings. The lowest BCUT2D eigenvalue weighted by Crippen LogP contribution is -2.48. The third-order valence-corrected chi connectivity index (χ3v) is 3.69. The van der Waals surface area contributed by atoms with Crippen molar-refractivity contribution < 1.29 is 14.6 Å². The van der Waals surface area contributed by atoms with Crippen molar-refractivity contribution in [1.82, 2.24) is 4.90 Å². The molecule has 1 saturated heterocycles. The molecule has 2 atom stereocenters. The molecule has 0 bridgehead atoms. The Kier molecular flexibility index (Phi) is 4.59. The van der Waals surface area contributed by atoms with Gasteiger partial charge in [0.15, 0.2) is 0 Å². The van der Waals surface area contributed by atoms with E-state index in [4.69, 9.17) is 9.84 Å². The van der Waals surface area contributed by atoms with Gasteiger partial charge in [-0.05, 0) is 19.9 Å². The number of morpholine rings is 1. The van der Waals surface area contributed by atoms with E-state index in [2.05, 4.69) is 11.8 Å². The lowest BCUT2D eigenvalue weighted by Gasteiger charge is -2.35. The summed E-state index contributed by atoms with van der Waals surface area (Å²) in [4.78, 5) is 15.0. The minimum Gasteiger partial charge on any atom is -0.384 e. The van der Waals surface area contributed by atoms with Crippen LogP contribution in [0.5, 0.6) is 0 Å². The lowest BCUT2D eigenvalue weighted by atomic mass is 10.2. The van der Waals surface area contributed by atoms with Crippen LogP contribution < -0.4 is 0 Å². The number of aliphatic hydroxyl groups is 1. The van der Waals surface area contributed by atoms with Gasteiger partial charge in [0.05, 0.1) is 22.6 Å². The molecule has 4 nitrogen and oxygen atoms in total. The van der Waals surface area contributed by atoms with Crippen LogP contribution in [0.2, 0.25) is 0 Å². The van der Waals surface area contributed by atoms with Crippen molar-refractivity contribution in [3.8, 4) is 11.8 Å². The van der Waals surface area contributed by atoms with Gasteiger partial charge in [-0.1, -0.05) is 11.8 Å². The molecule has 2 rings (SSSR count). The topological polar surface area (TPSA) is 49.8 Å². The Bertz CT molecular complexity index is 504. The molecular formula is C14H17NO3S. The molecule has 102 valence electrons. The summed E-state index contributed by atoms with van der Waals surface area (Å²) in [6, 6.07) is 1.78. The van der Waals surface area contributed by atoms with Crippen molar-refractivity contribution in [2.45, 2.75) is 26.1 Å². The first-order valence-corrected chi connectivity index (χ1v) is 7.11. The summed E-state index contributed by atoms with van der Waals surface area (Å²) in [5, 5.41) is 10.5. The second kappa shape index (κ2) is 6.20. The van der Waals surface area contributed by atoms with Crippen LogP contribution in [-0.4, -0.2) is 47.8 Å². The zero-order chi connectivity index (χ0) is 13.8. The zero-order valence-corrected chi connectivity index (χ0v) is 11.9. The molecule has 0 spiro atoms. The fraction of sp³-hybridized carbons (Fsp3) is 0.500. The number of nitrogens with zero attached hydrogens (tertiary/aromatic N) is 1. The number of hydrogen-bond acceptors (Lipinski definition) is 4. The number of carbonyl (C=O) groups is 1. The van der Waals surface area contributed by atoms with E-state index in [9.17, 15) is 4.79 Å². The van der Waals surface area contributed by atoms with Crippen LogP contribution in [0, 0.1) is 11.8 Å². The quantitative estimate of drug-likeness (QED) is 0.789. The molecule has 1 aliphatic heterocycles. The summed E-state index contributed by atoms with van der Waals surface area (Å²) in [6.07, 6.45) is 0.139. The first kappa shape index (κ1) is 14.1. The minimum atomic E-state index is -0.167. The van der Waals surface area contributed by atoms with E-state index in [0.717, 1.165) is 4.88 Å². The Balaban J connectivity index is 2.08. The number of thiophene rings is 1. The molecule has 0 aromatic carbocycles. The van der Waals surface area contributed by atoms with E-state index in [1.54, 1.807) is 6.07 Å². The highest BCUT2D eigenvalue weighted by Crippen LogP contribution is 2.18. The number of carbonyl (C=O) groups excluding carboxylic acids is 1. The number of aliphatic hydroxyl groups excluding tert-OH is 1. The summed E-state index contributed by atoms with van der Waals surface area (Å²) < 4.78 is 5.62. The molecule has 0 unspecified atom stereocenters. The fourth-order valence-corrected chi connectivity index (χ4v) is 2.92. The Labute approximate surface area is 117 Å². The van der Waals surface area contributed by atoms with Crippen LogP contribution in [0.1, 0.15) is 29.1 Å². The number of amides is 1. The van der Waals surface area contributed by atoms with Gasteiger partial charge in [-0.15, -0.1) is 11.3 Å². The predicted molar refractivity (Wildman–Crippen MR) is 74.2 cm³/mol. The summed E-state index contributed by atoms with van der Waals surface area (Å²) in [6.45, 7) is 5.02. The zero-order valence-electron chi connectivity index (χ0n) is 11.0. The molecule has 0 aliphatic carbocycles. The van der Waals surface area contributed by atoms with Crippen LogP contribution in [-0.2, 0) is 4.74 Å². The van der Waals surface area contributed by atoms with Crippen molar-refractivity contribution in [3.63, 3.8) is 0 Å². The second-order valence-corrected chi connectivity index (χ2v) is 5.54. The van der Waals surface area contributed by atoms with Crippen LogP contribution in [0.25, 0.3) is 0 Å². The summed E-state index contributed by atoms with van der Waals surface area (Å²) in [7, 11) is 0. The summed E-state index contributed by atoms with van der Waals surface area (Å²) in [5.41, 5.74) is 0.661. The summed E-state index contributed by atoms with van der Waals surface area (Å²) in [5.74, 6) is 5.42. The van der Waals surface area contributed by atoms with Crippen molar-refractivity contribution in [2.24, 2.45) is 0 Å². The molecule has 1 aromatic rings. The molecule has 1 aromatic heterocycles. The Hall–Kier alpha value is -1.35. The third-order valence-electron chi connectivity index (χ3n) is 2.84. The maximum absolute atomic E-state index is 12.4. The van der Waals surface area contributed by atoms with E-state index in [1.165, 1.54) is 11.3 Å². The van der Waals surface area contributed by atoms with Gasteiger partial charge in [-0.3, -0.25) is 4.79 Å². The van der Waals surface area contributed by atoms with Gasteiger partial charge < -0.3 is 14.7 Å². The van der Waals surface area contributed by atoms with Gasteiger partial charge >= 0.3 is 0 Å². The van der Waals surface area contributed by atoms with Gasteiger partial charge in [-0.25, -0.2) is 0 Å². The monoisotopic (exact) mass is 279 g/mol. The van der Waals surface area contributed by atoms with Crippen molar-refractivity contribution in [1.29, 1.82) is 0 Å². The van der Waals surface area contributed by atoms with Crippen molar-refractivity contribution >= 4 is 17.2 Å². The Morgan fingerprint density at radius 2 is 2.21 bits per heavy atom. The smallest absolute Gasteiger partial charge is 0.254 e. The van der Waals surface area contributed by atoms with Gasteiger partial charge in [-0.2, -0.15) is 0 Å². The molecule has 0 saturated carbocycles. The second-order valence-electron chi connectivity index (χ2n) is 4.63. The Morgan fingerprint density at radius 1 is 1.53 bits per heavy atom. The van der Waals surface area contributed by atoms with Gasteiger partial charge in [0.2, 0.25) is 0 Å². The Morgan fingerprint density at radius 3 is 2.84 bits per heavy atom. The number of rotatable bonds is 1. The molecule has 1 amide bonds. The van der Waals surface area contributed by atoms with Crippen molar-refractivity contribution in [3.05, 3.63) is 21.9 Å². The van der Waals surface area contributed by atoms with E-state index < -0.39 is 0 Å². The maximum atomic E-state index is 12.4. The van der Waals surface area contributed by atoms with Crippen LogP contribution >= 0.6 is 11.3 Å². The largest absolute Gasteiger partial charge is 0.384 e. The molecule has 1 N–H and O–H groups in total. The molecule has 5 heteroatoms. The average molecular weight is 279 g/mol. The number of hydrogen-bond donors (Lipinski definition) is 1. The van der Waals surface area contributed by atoms with Gasteiger partial charge in [0, 0.05) is 18.5 Å². The third kappa shape index (κ3) is 3.57. The molecule has 1 fully saturated rings. The SMILES string of the molecule is C[C@@H]1CN(C(=O)c2csc(C#CCO)c2)C[C@H](C)O1. The highest BCUT2D eigenvalue weighted by atomic mass is 32.1. The van der Waals surface area contributed by atoms with Crippen molar-refractivity contribution in [2.75, 3.05) is 19.7 Å². The average Bonchev–Trinajstić information content (AvgIpc) is 2.83. The lowest BCUT2D eigenvalue weighted by molar-refractivity contribution is -0.0586. The molecule has 0 radical (unpaired) electrons. The highest BCUT2D eigenvalue weighted by Gasteiger charge is 2.26.